The van der Waals surface area contributed by atoms with Crippen LogP contribution < -0.4 is 14.8 Å². The number of alkyl halides is 1. The summed E-state index contributed by atoms with van der Waals surface area (Å²) in [7, 11) is 0. The van der Waals surface area contributed by atoms with Crippen molar-refractivity contribution in [2.75, 3.05) is 13.3 Å². The fourth-order valence-electron chi connectivity index (χ4n) is 1.94. The molecule has 0 saturated heterocycles. The topological polar surface area (TPSA) is 47.6 Å². The summed E-state index contributed by atoms with van der Waals surface area (Å²) in [6, 6.07) is 5.22. The van der Waals surface area contributed by atoms with E-state index in [0.717, 1.165) is 6.42 Å². The Morgan fingerprint density at radius 2 is 2.11 bits per heavy atom. The molecule has 1 amide bonds. The van der Waals surface area contributed by atoms with Crippen molar-refractivity contribution < 1.29 is 14.3 Å². The predicted molar refractivity (Wildman–Crippen MR) is 77.1 cm³/mol. The Bertz CT molecular complexity index is 462. The third-order valence-corrected chi connectivity index (χ3v) is 3.54. The number of rotatable bonds is 5. The summed E-state index contributed by atoms with van der Waals surface area (Å²) < 4.78 is 10.5. The van der Waals surface area contributed by atoms with E-state index in [9.17, 15) is 4.79 Å². The SMILES string of the molecule is CC(C)CC(Br)CNC(=O)c1ccc2c(c1)OCO2. The second kappa shape index (κ2) is 6.28. The highest BCUT2D eigenvalue weighted by molar-refractivity contribution is 9.09. The van der Waals surface area contributed by atoms with Crippen molar-refractivity contribution in [3.63, 3.8) is 0 Å². The first-order chi connectivity index (χ1) is 9.06. The Labute approximate surface area is 121 Å². The monoisotopic (exact) mass is 327 g/mol. The number of amides is 1. The van der Waals surface area contributed by atoms with Crippen molar-refractivity contribution in [1.29, 1.82) is 0 Å². The summed E-state index contributed by atoms with van der Waals surface area (Å²) in [5.41, 5.74) is 0.591. The summed E-state index contributed by atoms with van der Waals surface area (Å²) in [6.45, 7) is 5.16. The van der Waals surface area contributed by atoms with Crippen LogP contribution in [0.3, 0.4) is 0 Å². The molecule has 1 N–H and O–H groups in total. The van der Waals surface area contributed by atoms with Gasteiger partial charge >= 0.3 is 0 Å². The third kappa shape index (κ3) is 3.86. The van der Waals surface area contributed by atoms with Crippen LogP contribution in [0.15, 0.2) is 18.2 Å². The first-order valence-electron chi connectivity index (χ1n) is 6.38. The van der Waals surface area contributed by atoms with Crippen LogP contribution in [0.5, 0.6) is 11.5 Å². The van der Waals surface area contributed by atoms with Gasteiger partial charge in [0.1, 0.15) is 0 Å². The molecule has 1 atom stereocenters. The molecule has 0 aliphatic carbocycles. The maximum atomic E-state index is 12.0. The van der Waals surface area contributed by atoms with Crippen molar-refractivity contribution >= 4 is 21.8 Å². The van der Waals surface area contributed by atoms with Gasteiger partial charge in [0.05, 0.1) is 0 Å². The lowest BCUT2D eigenvalue weighted by molar-refractivity contribution is 0.0953. The van der Waals surface area contributed by atoms with Gasteiger partial charge in [-0.2, -0.15) is 0 Å². The number of halogens is 1. The van der Waals surface area contributed by atoms with Gasteiger partial charge in [0.15, 0.2) is 11.5 Å². The maximum Gasteiger partial charge on any atom is 0.251 e. The number of carbonyl (C=O) groups excluding carboxylic acids is 1. The standard InChI is InChI=1S/C14H18BrNO3/c1-9(2)5-11(15)7-16-14(17)10-3-4-12-13(6-10)19-8-18-12/h3-4,6,9,11H,5,7-8H2,1-2H3,(H,16,17). The number of hydrogen-bond acceptors (Lipinski definition) is 3. The zero-order valence-corrected chi connectivity index (χ0v) is 12.7. The summed E-state index contributed by atoms with van der Waals surface area (Å²) in [4.78, 5) is 12.3. The summed E-state index contributed by atoms with van der Waals surface area (Å²) in [5.74, 6) is 1.83. The normalized spacial score (nSPS) is 14.5. The first kappa shape index (κ1) is 14.2. The van der Waals surface area contributed by atoms with Crippen LogP contribution in [-0.4, -0.2) is 24.1 Å². The molecule has 0 saturated carbocycles. The van der Waals surface area contributed by atoms with Crippen LogP contribution in [0.1, 0.15) is 30.6 Å². The molecule has 0 aromatic heterocycles. The van der Waals surface area contributed by atoms with Crippen molar-refractivity contribution in [3.8, 4) is 11.5 Å². The molecule has 1 aromatic carbocycles. The summed E-state index contributed by atoms with van der Waals surface area (Å²) in [5, 5.41) is 2.91. The van der Waals surface area contributed by atoms with Gasteiger partial charge in [-0.3, -0.25) is 4.79 Å². The molecule has 0 spiro atoms. The molecule has 1 unspecified atom stereocenters. The largest absolute Gasteiger partial charge is 0.454 e. The first-order valence-corrected chi connectivity index (χ1v) is 7.29. The molecule has 4 nitrogen and oxygen atoms in total. The third-order valence-electron chi connectivity index (χ3n) is 2.85. The fourth-order valence-corrected chi connectivity index (χ4v) is 2.85. The van der Waals surface area contributed by atoms with E-state index in [1.165, 1.54) is 0 Å². The quantitative estimate of drug-likeness (QED) is 0.846. The Kier molecular flexibility index (Phi) is 4.69. The minimum Gasteiger partial charge on any atom is -0.454 e. The van der Waals surface area contributed by atoms with Crippen LogP contribution in [0, 0.1) is 5.92 Å². The van der Waals surface area contributed by atoms with E-state index in [1.807, 2.05) is 0 Å². The number of nitrogens with one attached hydrogen (secondary N) is 1. The smallest absolute Gasteiger partial charge is 0.251 e. The second-order valence-corrected chi connectivity index (χ2v) is 6.30. The van der Waals surface area contributed by atoms with Gasteiger partial charge in [0.2, 0.25) is 6.79 Å². The molecule has 0 bridgehead atoms. The maximum absolute atomic E-state index is 12.0. The molecule has 1 aromatic rings. The van der Waals surface area contributed by atoms with E-state index >= 15 is 0 Å². The van der Waals surface area contributed by atoms with Crippen molar-refractivity contribution in [1.82, 2.24) is 5.32 Å². The lowest BCUT2D eigenvalue weighted by Crippen LogP contribution is -2.30. The number of hydrogen-bond donors (Lipinski definition) is 1. The molecule has 2 rings (SSSR count). The van der Waals surface area contributed by atoms with Crippen molar-refractivity contribution in [3.05, 3.63) is 23.8 Å². The number of benzene rings is 1. The van der Waals surface area contributed by atoms with Crippen LogP contribution in [0.4, 0.5) is 0 Å². The Balaban J connectivity index is 1.90. The number of ether oxygens (including phenoxy) is 2. The fraction of sp³-hybridized carbons (Fsp3) is 0.500. The van der Waals surface area contributed by atoms with E-state index in [-0.39, 0.29) is 12.7 Å². The van der Waals surface area contributed by atoms with Crippen LogP contribution in [0.2, 0.25) is 0 Å². The minimum absolute atomic E-state index is 0.0912. The van der Waals surface area contributed by atoms with E-state index in [0.29, 0.717) is 34.4 Å². The highest BCUT2D eigenvalue weighted by Gasteiger charge is 2.16. The molecule has 1 aliphatic rings. The number of carbonyl (C=O) groups is 1. The van der Waals surface area contributed by atoms with Crippen LogP contribution >= 0.6 is 15.9 Å². The zero-order chi connectivity index (χ0) is 13.8. The highest BCUT2D eigenvalue weighted by Crippen LogP contribution is 2.32. The molecule has 1 heterocycles. The highest BCUT2D eigenvalue weighted by atomic mass is 79.9. The zero-order valence-electron chi connectivity index (χ0n) is 11.1. The van der Waals surface area contributed by atoms with Crippen molar-refractivity contribution in [2.45, 2.75) is 25.1 Å². The molecule has 19 heavy (non-hydrogen) atoms. The average molecular weight is 328 g/mol. The van der Waals surface area contributed by atoms with Crippen molar-refractivity contribution in [2.24, 2.45) is 5.92 Å². The van der Waals surface area contributed by atoms with Gasteiger partial charge in [0.25, 0.3) is 5.91 Å². The molecule has 0 radical (unpaired) electrons. The molecule has 104 valence electrons. The molecule has 1 aliphatic heterocycles. The average Bonchev–Trinajstić information content (AvgIpc) is 2.82. The van der Waals surface area contributed by atoms with E-state index < -0.39 is 0 Å². The summed E-state index contributed by atoms with van der Waals surface area (Å²) in [6.07, 6.45) is 1.03. The second-order valence-electron chi connectivity index (χ2n) is 5.00. The van der Waals surface area contributed by atoms with Crippen LogP contribution in [0.25, 0.3) is 0 Å². The van der Waals surface area contributed by atoms with Gasteiger partial charge < -0.3 is 14.8 Å². The predicted octanol–water partition coefficient (Wildman–Crippen LogP) is 2.95. The Morgan fingerprint density at radius 1 is 1.37 bits per heavy atom. The van der Waals surface area contributed by atoms with Gasteiger partial charge in [-0.1, -0.05) is 29.8 Å². The van der Waals surface area contributed by atoms with Gasteiger partial charge in [0, 0.05) is 16.9 Å². The lowest BCUT2D eigenvalue weighted by atomic mass is 10.1. The molecular formula is C14H18BrNO3. The van der Waals surface area contributed by atoms with Gasteiger partial charge in [-0.25, -0.2) is 0 Å². The summed E-state index contributed by atoms with van der Waals surface area (Å²) >= 11 is 3.57. The van der Waals surface area contributed by atoms with Gasteiger partial charge in [-0.05, 0) is 30.5 Å². The molecule has 0 fully saturated rings. The van der Waals surface area contributed by atoms with E-state index in [1.54, 1.807) is 18.2 Å². The minimum atomic E-state index is -0.0912. The lowest BCUT2D eigenvalue weighted by Gasteiger charge is -2.13. The molecular weight excluding hydrogens is 310 g/mol. The van der Waals surface area contributed by atoms with Gasteiger partial charge in [-0.15, -0.1) is 0 Å². The van der Waals surface area contributed by atoms with E-state index in [2.05, 4.69) is 35.1 Å². The molecule has 5 heteroatoms. The Hall–Kier alpha value is -1.23. The van der Waals surface area contributed by atoms with Crippen LogP contribution in [-0.2, 0) is 0 Å². The number of fused-ring (bicyclic) bond motifs is 1. The Morgan fingerprint density at radius 3 is 2.84 bits per heavy atom. The van der Waals surface area contributed by atoms with E-state index in [4.69, 9.17) is 9.47 Å².